The molecule has 6 heteroatoms. The maximum atomic E-state index is 6.92. The number of hydrogen-bond donors (Lipinski definition) is 0. The third kappa shape index (κ3) is 5.69. The van der Waals surface area contributed by atoms with Crippen molar-refractivity contribution < 1.29 is 8.83 Å². The van der Waals surface area contributed by atoms with Crippen molar-refractivity contribution in [2.24, 2.45) is 0 Å². The summed E-state index contributed by atoms with van der Waals surface area (Å²) in [6.07, 6.45) is 0. The van der Waals surface area contributed by atoms with Crippen LogP contribution < -0.4 is 0 Å². The summed E-state index contributed by atoms with van der Waals surface area (Å²) in [5.41, 5.74) is 13.6. The molecule has 0 saturated heterocycles. The Morgan fingerprint density at radius 1 is 0.317 bits per heavy atom. The maximum Gasteiger partial charge on any atom is 0.164 e. The van der Waals surface area contributed by atoms with E-state index >= 15 is 0 Å². The summed E-state index contributed by atoms with van der Waals surface area (Å²) in [6, 6.07) is 71.5. The van der Waals surface area contributed by atoms with E-state index < -0.39 is 0 Å². The molecule has 13 aromatic rings. The molecule has 0 N–H and O–H groups in total. The highest BCUT2D eigenvalue weighted by Crippen LogP contribution is 2.41. The first-order chi connectivity index (χ1) is 31.2. The molecule has 4 aromatic heterocycles. The molecular weight excluding hydrogens is 773 g/mol. The van der Waals surface area contributed by atoms with Crippen molar-refractivity contribution in [1.29, 1.82) is 0 Å². The zero-order chi connectivity index (χ0) is 41.4. The molecule has 6 nitrogen and oxygen atoms in total. The molecule has 0 aliphatic carbocycles. The van der Waals surface area contributed by atoms with E-state index in [9.17, 15) is 0 Å². The molecule has 13 rings (SSSR count). The van der Waals surface area contributed by atoms with E-state index in [0.717, 1.165) is 88.4 Å². The lowest BCUT2D eigenvalue weighted by Gasteiger charge is -2.09. The molecule has 0 amide bonds. The van der Waals surface area contributed by atoms with Gasteiger partial charge in [0.25, 0.3) is 0 Å². The first-order valence-electron chi connectivity index (χ1n) is 21.1. The highest BCUT2D eigenvalue weighted by atomic mass is 16.3. The van der Waals surface area contributed by atoms with E-state index in [2.05, 4.69) is 162 Å². The van der Waals surface area contributed by atoms with Crippen molar-refractivity contribution in [3.8, 4) is 62.1 Å². The molecule has 0 spiro atoms. The summed E-state index contributed by atoms with van der Waals surface area (Å²) in [5.74, 6) is 1.70. The van der Waals surface area contributed by atoms with Gasteiger partial charge in [0.05, 0.1) is 16.7 Å². The van der Waals surface area contributed by atoms with E-state index in [-0.39, 0.29) is 0 Å². The van der Waals surface area contributed by atoms with Crippen LogP contribution in [-0.4, -0.2) is 19.5 Å². The average Bonchev–Trinajstić information content (AvgIpc) is 4.03. The summed E-state index contributed by atoms with van der Waals surface area (Å²) in [7, 11) is 0. The Hall–Kier alpha value is -8.61. The summed E-state index contributed by atoms with van der Waals surface area (Å²) >= 11 is 0. The number of fused-ring (bicyclic) bond motifs is 9. The standard InChI is InChI=1S/C57H34N4O2/c1-4-14-35(15-5-1)38-28-31-48-46(32-38)41-20-10-11-23-47(41)61(48)49-24-12-21-43-42-29-27-40(34-51(42)63-54(43)49)56-58-55(37-18-8-3-9-19-37)59-57(60-56)45-22-13-25-50-53(45)44-30-26-39(33-52(44)62-50)36-16-6-2-7-17-36/h1-34H. The van der Waals surface area contributed by atoms with Crippen molar-refractivity contribution in [3.05, 3.63) is 206 Å². The van der Waals surface area contributed by atoms with E-state index in [1.165, 1.54) is 21.9 Å². The Labute approximate surface area is 361 Å². The topological polar surface area (TPSA) is 69.9 Å². The van der Waals surface area contributed by atoms with Crippen LogP contribution >= 0.6 is 0 Å². The third-order valence-corrected chi connectivity index (χ3v) is 12.3. The van der Waals surface area contributed by atoms with Crippen LogP contribution in [0.4, 0.5) is 0 Å². The van der Waals surface area contributed by atoms with Crippen LogP contribution in [0.1, 0.15) is 0 Å². The van der Waals surface area contributed by atoms with E-state index in [4.69, 9.17) is 23.8 Å². The quantitative estimate of drug-likeness (QED) is 0.167. The van der Waals surface area contributed by atoms with Crippen molar-refractivity contribution in [3.63, 3.8) is 0 Å². The van der Waals surface area contributed by atoms with Gasteiger partial charge in [-0.25, -0.2) is 15.0 Å². The molecule has 0 fully saturated rings. The zero-order valence-corrected chi connectivity index (χ0v) is 33.7. The smallest absolute Gasteiger partial charge is 0.164 e. The molecule has 294 valence electrons. The Morgan fingerprint density at radius 3 is 1.68 bits per heavy atom. The molecule has 0 unspecified atom stereocenters. The molecule has 0 bridgehead atoms. The second kappa shape index (κ2) is 14.0. The summed E-state index contributed by atoms with van der Waals surface area (Å²) in [5, 5.41) is 6.41. The number of furan rings is 2. The molecule has 0 saturated carbocycles. The third-order valence-electron chi connectivity index (χ3n) is 12.3. The molecule has 4 heterocycles. The van der Waals surface area contributed by atoms with Gasteiger partial charge < -0.3 is 13.4 Å². The van der Waals surface area contributed by atoms with Gasteiger partial charge in [0.2, 0.25) is 0 Å². The Morgan fingerprint density at radius 2 is 0.889 bits per heavy atom. The summed E-state index contributed by atoms with van der Waals surface area (Å²) in [6.45, 7) is 0. The first kappa shape index (κ1) is 35.2. The predicted molar refractivity (Wildman–Crippen MR) is 256 cm³/mol. The summed E-state index contributed by atoms with van der Waals surface area (Å²) < 4.78 is 15.8. The van der Waals surface area contributed by atoms with Crippen LogP contribution in [0.25, 0.3) is 128 Å². The van der Waals surface area contributed by atoms with Crippen LogP contribution in [-0.2, 0) is 0 Å². The number of nitrogens with zero attached hydrogens (tertiary/aromatic N) is 4. The van der Waals surface area contributed by atoms with Gasteiger partial charge in [0.1, 0.15) is 16.7 Å². The van der Waals surface area contributed by atoms with E-state index in [1.807, 2.05) is 48.5 Å². The van der Waals surface area contributed by atoms with Gasteiger partial charge in [-0.2, -0.15) is 0 Å². The van der Waals surface area contributed by atoms with Gasteiger partial charge in [-0.3, -0.25) is 0 Å². The monoisotopic (exact) mass is 806 g/mol. The highest BCUT2D eigenvalue weighted by molar-refractivity contribution is 6.14. The molecular formula is C57H34N4O2. The predicted octanol–water partition coefficient (Wildman–Crippen LogP) is 15.1. The van der Waals surface area contributed by atoms with Crippen LogP contribution in [0, 0.1) is 0 Å². The minimum atomic E-state index is 0.550. The van der Waals surface area contributed by atoms with Gasteiger partial charge in [0.15, 0.2) is 23.1 Å². The van der Waals surface area contributed by atoms with Crippen molar-refractivity contribution in [1.82, 2.24) is 19.5 Å². The second-order valence-corrected chi connectivity index (χ2v) is 15.9. The molecule has 0 atom stereocenters. The lowest BCUT2D eigenvalue weighted by atomic mass is 10.0. The minimum absolute atomic E-state index is 0.550. The fourth-order valence-corrected chi connectivity index (χ4v) is 9.31. The fraction of sp³-hybridized carbons (Fsp3) is 0. The molecule has 0 aliphatic heterocycles. The maximum absolute atomic E-state index is 6.92. The van der Waals surface area contributed by atoms with Crippen molar-refractivity contribution >= 4 is 65.7 Å². The Kier molecular flexibility index (Phi) is 7.80. The van der Waals surface area contributed by atoms with Crippen LogP contribution in [0.15, 0.2) is 215 Å². The molecule has 0 radical (unpaired) electrons. The number of benzene rings is 9. The van der Waals surface area contributed by atoms with Crippen LogP contribution in [0.2, 0.25) is 0 Å². The van der Waals surface area contributed by atoms with Gasteiger partial charge in [-0.05, 0) is 76.9 Å². The number of aromatic nitrogens is 4. The number of para-hydroxylation sites is 2. The largest absolute Gasteiger partial charge is 0.456 e. The minimum Gasteiger partial charge on any atom is -0.456 e. The molecule has 9 aromatic carbocycles. The summed E-state index contributed by atoms with van der Waals surface area (Å²) in [4.78, 5) is 15.4. The van der Waals surface area contributed by atoms with Gasteiger partial charge in [-0.15, -0.1) is 0 Å². The van der Waals surface area contributed by atoms with Gasteiger partial charge in [-0.1, -0.05) is 152 Å². The highest BCUT2D eigenvalue weighted by Gasteiger charge is 2.21. The van der Waals surface area contributed by atoms with Gasteiger partial charge in [0, 0.05) is 49.0 Å². The van der Waals surface area contributed by atoms with Gasteiger partial charge >= 0.3 is 0 Å². The molecule has 0 aliphatic rings. The lowest BCUT2D eigenvalue weighted by molar-refractivity contribution is 0.666. The fourth-order valence-electron chi connectivity index (χ4n) is 9.31. The van der Waals surface area contributed by atoms with Crippen molar-refractivity contribution in [2.45, 2.75) is 0 Å². The first-order valence-corrected chi connectivity index (χ1v) is 21.1. The Balaban J connectivity index is 0.968. The lowest BCUT2D eigenvalue weighted by Crippen LogP contribution is -2.00. The van der Waals surface area contributed by atoms with Crippen LogP contribution in [0.5, 0.6) is 0 Å². The average molecular weight is 807 g/mol. The number of rotatable bonds is 6. The zero-order valence-electron chi connectivity index (χ0n) is 33.7. The van der Waals surface area contributed by atoms with Crippen molar-refractivity contribution in [2.75, 3.05) is 0 Å². The SMILES string of the molecule is c1ccc(-c2ccc3c(c2)oc2cccc(-c4nc(-c5ccccc5)nc(-c5ccc6c(c5)oc5c(-n7c8ccccc8c8cc(-c9ccccc9)ccc87)cccc56)n4)c23)cc1. The molecule has 63 heavy (non-hydrogen) atoms. The van der Waals surface area contributed by atoms with E-state index in [1.54, 1.807) is 0 Å². The number of hydrogen-bond acceptors (Lipinski definition) is 5. The Bertz CT molecular complexity index is 3900. The second-order valence-electron chi connectivity index (χ2n) is 15.9. The normalized spacial score (nSPS) is 11.8. The van der Waals surface area contributed by atoms with E-state index in [0.29, 0.717) is 17.5 Å². The van der Waals surface area contributed by atoms with Crippen LogP contribution in [0.3, 0.4) is 0 Å².